The summed E-state index contributed by atoms with van der Waals surface area (Å²) in [6.07, 6.45) is 7.00. The molecule has 2 N–H and O–H groups in total. The number of allylic oxidation sites excluding steroid dienone is 2. The zero-order valence-electron chi connectivity index (χ0n) is 5.11. The maximum Gasteiger partial charge on any atom is 0.119 e. The predicted octanol–water partition coefficient (Wildman–Crippen LogP) is 1.27. The Morgan fingerprint density at radius 3 is 3.40 bits per heavy atom. The van der Waals surface area contributed by atoms with Crippen molar-refractivity contribution in [3.63, 3.8) is 0 Å². The van der Waals surface area contributed by atoms with Gasteiger partial charge in [-0.15, -0.1) is 0 Å². The molecule has 0 radical (unpaired) electrons. The number of nitrogens with zero attached hydrogens (tertiary/aromatic N) is 1. The third kappa shape index (κ3) is 0.769. The smallest absolute Gasteiger partial charge is 0.119 e. The van der Waals surface area contributed by atoms with Gasteiger partial charge in [-0.1, -0.05) is 0 Å². The second kappa shape index (κ2) is 1.98. The summed E-state index contributed by atoms with van der Waals surface area (Å²) in [6, 6.07) is 0. The summed E-state index contributed by atoms with van der Waals surface area (Å²) in [4.78, 5) is 0. The molecule has 0 amide bonds. The quantitative estimate of drug-likeness (QED) is 0.515. The number of hydrogen-bond acceptors (Lipinski definition) is 4. The van der Waals surface area contributed by atoms with Gasteiger partial charge < -0.3 is 9.83 Å². The summed E-state index contributed by atoms with van der Waals surface area (Å²) < 4.78 is 4.89. The van der Waals surface area contributed by atoms with Crippen LogP contribution in [0.4, 0.5) is 0 Å². The molecule has 2 heterocycles. The molecule has 0 fully saturated rings. The van der Waals surface area contributed by atoms with Gasteiger partial charge in [0.15, 0.2) is 0 Å². The molecule has 4 heteroatoms. The molecular formula is C6H6N2OS. The van der Waals surface area contributed by atoms with Gasteiger partial charge in [-0.25, -0.2) is 0 Å². The van der Waals surface area contributed by atoms with E-state index in [-0.39, 0.29) is 0 Å². The number of nitrogens with one attached hydrogen (secondary N) is 1. The normalized spacial score (nSPS) is 21.4. The number of aliphatic hydroxyl groups excluding tert-OH is 1. The van der Waals surface area contributed by atoms with Crippen LogP contribution in [0.2, 0.25) is 0 Å². The van der Waals surface area contributed by atoms with Crippen LogP contribution in [0.1, 0.15) is 0 Å². The number of hydrogen-bond donors (Lipinski definition) is 2. The van der Waals surface area contributed by atoms with Gasteiger partial charge in [-0.05, 0) is 6.08 Å². The highest BCUT2D eigenvalue weighted by Gasteiger charge is 2.14. The second-order valence-electron chi connectivity index (χ2n) is 1.99. The van der Waals surface area contributed by atoms with Crippen LogP contribution in [0.25, 0.3) is 0 Å². The van der Waals surface area contributed by atoms with Crippen molar-refractivity contribution in [3.8, 4) is 0 Å². The summed E-state index contributed by atoms with van der Waals surface area (Å²) in [5, 5.41) is 9.03. The van der Waals surface area contributed by atoms with Crippen LogP contribution in [-0.2, 0) is 0 Å². The summed E-state index contributed by atoms with van der Waals surface area (Å²) in [6.45, 7) is 0. The van der Waals surface area contributed by atoms with Gasteiger partial charge >= 0.3 is 0 Å². The number of aliphatic hydroxyl groups is 1. The van der Waals surface area contributed by atoms with Crippen molar-refractivity contribution in [1.29, 1.82) is 0 Å². The molecule has 10 heavy (non-hydrogen) atoms. The zero-order chi connectivity index (χ0) is 6.97. The fraction of sp³-hybridized carbons (Fsp3) is 0. The van der Waals surface area contributed by atoms with E-state index in [4.69, 9.17) is 5.11 Å². The Bertz CT molecular complexity index is 244. The number of rotatable bonds is 0. The van der Waals surface area contributed by atoms with Crippen molar-refractivity contribution in [2.24, 2.45) is 0 Å². The highest BCUT2D eigenvalue weighted by molar-refractivity contribution is 7.95. The van der Waals surface area contributed by atoms with Crippen LogP contribution < -0.4 is 4.72 Å². The third-order valence-corrected chi connectivity index (χ3v) is 2.04. The topological polar surface area (TPSA) is 35.5 Å². The molecule has 0 aromatic carbocycles. The first-order valence-electron chi connectivity index (χ1n) is 2.87. The van der Waals surface area contributed by atoms with Crippen molar-refractivity contribution in [2.45, 2.75) is 0 Å². The molecule has 0 spiro atoms. The van der Waals surface area contributed by atoms with Gasteiger partial charge in [0, 0.05) is 18.5 Å². The minimum atomic E-state index is 0.298. The lowest BCUT2D eigenvalue weighted by Crippen LogP contribution is -2.05. The van der Waals surface area contributed by atoms with E-state index in [1.54, 1.807) is 12.2 Å². The van der Waals surface area contributed by atoms with E-state index in [1.807, 2.05) is 16.7 Å². The molecular weight excluding hydrogens is 148 g/mol. The number of fused-ring (bicyclic) bond motifs is 1. The Morgan fingerprint density at radius 2 is 2.50 bits per heavy atom. The minimum Gasteiger partial charge on any atom is -0.508 e. The molecule has 0 bridgehead atoms. The van der Waals surface area contributed by atoms with Gasteiger partial charge in [-0.3, -0.25) is 4.31 Å². The molecule has 3 nitrogen and oxygen atoms in total. The molecule has 0 aliphatic carbocycles. The van der Waals surface area contributed by atoms with E-state index in [1.165, 1.54) is 12.1 Å². The Balaban J connectivity index is 2.34. The first-order valence-corrected chi connectivity index (χ1v) is 3.64. The van der Waals surface area contributed by atoms with E-state index in [0.29, 0.717) is 5.76 Å². The Hall–Kier alpha value is -1.03. The predicted molar refractivity (Wildman–Crippen MR) is 40.5 cm³/mol. The lowest BCUT2D eigenvalue weighted by atomic mass is 10.3. The summed E-state index contributed by atoms with van der Waals surface area (Å²) >= 11 is 1.48. The van der Waals surface area contributed by atoms with Crippen LogP contribution >= 0.6 is 12.1 Å². The summed E-state index contributed by atoms with van der Waals surface area (Å²) in [7, 11) is 0. The van der Waals surface area contributed by atoms with Gasteiger partial charge in [0.1, 0.15) is 5.76 Å². The van der Waals surface area contributed by atoms with Crippen LogP contribution in [0.15, 0.2) is 36.0 Å². The molecule has 2 aliphatic rings. The van der Waals surface area contributed by atoms with Crippen molar-refractivity contribution in [3.05, 3.63) is 36.0 Å². The van der Waals surface area contributed by atoms with Crippen molar-refractivity contribution < 1.29 is 5.11 Å². The average molecular weight is 154 g/mol. The van der Waals surface area contributed by atoms with E-state index >= 15 is 0 Å². The van der Waals surface area contributed by atoms with E-state index in [9.17, 15) is 0 Å². The monoisotopic (exact) mass is 154 g/mol. The standard InChI is InChI=1S/C6H6N2OS/c9-6-1-2-8-5(3-6)4-7-10-8/h1-4,7,9H. The van der Waals surface area contributed by atoms with Crippen LogP contribution in [0, 0.1) is 0 Å². The molecule has 0 aromatic heterocycles. The minimum absolute atomic E-state index is 0.298. The van der Waals surface area contributed by atoms with E-state index < -0.39 is 0 Å². The molecule has 2 aliphatic heterocycles. The fourth-order valence-corrected chi connectivity index (χ4v) is 1.44. The van der Waals surface area contributed by atoms with E-state index in [2.05, 4.69) is 4.72 Å². The highest BCUT2D eigenvalue weighted by atomic mass is 32.2. The molecule has 0 saturated heterocycles. The lowest BCUT2D eigenvalue weighted by Gasteiger charge is -2.14. The summed E-state index contributed by atoms with van der Waals surface area (Å²) in [5.41, 5.74) is 0.977. The van der Waals surface area contributed by atoms with Crippen molar-refractivity contribution in [1.82, 2.24) is 9.03 Å². The largest absolute Gasteiger partial charge is 0.508 e. The third-order valence-electron chi connectivity index (χ3n) is 1.29. The SMILES string of the molecule is OC1=CC2=CNSN2C=C1. The molecule has 0 atom stereocenters. The Labute approximate surface area is 63.0 Å². The molecule has 2 rings (SSSR count). The molecule has 0 aromatic rings. The van der Waals surface area contributed by atoms with E-state index in [0.717, 1.165) is 5.70 Å². The van der Waals surface area contributed by atoms with Crippen LogP contribution in [0.5, 0.6) is 0 Å². The zero-order valence-corrected chi connectivity index (χ0v) is 5.93. The fourth-order valence-electron chi connectivity index (χ4n) is 0.825. The van der Waals surface area contributed by atoms with Gasteiger partial charge in [0.2, 0.25) is 0 Å². The maximum atomic E-state index is 9.03. The first-order chi connectivity index (χ1) is 4.86. The van der Waals surface area contributed by atoms with Gasteiger partial charge in [0.05, 0.1) is 17.8 Å². The van der Waals surface area contributed by atoms with Crippen molar-refractivity contribution >= 4 is 12.1 Å². The van der Waals surface area contributed by atoms with Gasteiger partial charge in [-0.2, -0.15) is 0 Å². The Morgan fingerprint density at radius 1 is 1.60 bits per heavy atom. The van der Waals surface area contributed by atoms with Crippen LogP contribution in [-0.4, -0.2) is 9.41 Å². The molecule has 0 saturated carbocycles. The van der Waals surface area contributed by atoms with Crippen molar-refractivity contribution in [2.75, 3.05) is 0 Å². The second-order valence-corrected chi connectivity index (χ2v) is 2.80. The molecule has 52 valence electrons. The van der Waals surface area contributed by atoms with Gasteiger partial charge in [0.25, 0.3) is 0 Å². The average Bonchev–Trinajstić information content (AvgIpc) is 2.33. The highest BCUT2D eigenvalue weighted by Crippen LogP contribution is 2.26. The molecule has 0 unspecified atom stereocenters. The Kier molecular flexibility index (Phi) is 1.14. The van der Waals surface area contributed by atoms with Crippen LogP contribution in [0.3, 0.4) is 0 Å². The first kappa shape index (κ1) is 5.73. The maximum absolute atomic E-state index is 9.03. The lowest BCUT2D eigenvalue weighted by molar-refractivity contribution is 0.426. The summed E-state index contributed by atoms with van der Waals surface area (Å²) in [5.74, 6) is 0.298.